The van der Waals surface area contributed by atoms with Crippen LogP contribution in [-0.2, 0) is 0 Å². The topological polar surface area (TPSA) is 28.2 Å². The van der Waals surface area contributed by atoms with Gasteiger partial charge in [-0.15, -0.1) is 0 Å². The van der Waals surface area contributed by atoms with E-state index in [0.29, 0.717) is 26.2 Å². The molecule has 2 rings (SSSR count). The zero-order valence-electron chi connectivity index (χ0n) is 9.84. The summed E-state index contributed by atoms with van der Waals surface area (Å²) in [6, 6.07) is -1.79. The molecule has 0 spiro atoms. The van der Waals surface area contributed by atoms with E-state index in [1.165, 1.54) is 17.3 Å². The Hall–Kier alpha value is -0.560. The quantitative estimate of drug-likeness (QED) is 0.910. The Morgan fingerprint density at radius 1 is 1.16 bits per heavy atom. The van der Waals surface area contributed by atoms with E-state index in [1.54, 1.807) is 0 Å². The summed E-state index contributed by atoms with van der Waals surface area (Å²) in [7, 11) is 0. The summed E-state index contributed by atoms with van der Waals surface area (Å²) < 4.78 is 40.1. The summed E-state index contributed by atoms with van der Waals surface area (Å²) in [6.45, 7) is 1.60. The number of pyridine rings is 1. The molecule has 1 N–H and O–H groups in total. The third kappa shape index (κ3) is 3.31. The lowest BCUT2D eigenvalue weighted by atomic mass is 10.1. The lowest BCUT2D eigenvalue weighted by Gasteiger charge is -2.36. The molecule has 1 aliphatic heterocycles. The molecule has 1 atom stereocenters. The van der Waals surface area contributed by atoms with E-state index in [2.05, 4.69) is 10.3 Å². The van der Waals surface area contributed by atoms with E-state index in [-0.39, 0.29) is 15.6 Å². The molecule has 0 unspecified atom stereocenters. The third-order valence-electron chi connectivity index (χ3n) is 2.99. The predicted molar refractivity (Wildman–Crippen MR) is 67.5 cm³/mol. The van der Waals surface area contributed by atoms with E-state index < -0.39 is 12.2 Å². The summed E-state index contributed by atoms with van der Waals surface area (Å²) >= 11 is 11.7. The van der Waals surface area contributed by atoms with Crippen molar-refractivity contribution in [2.24, 2.45) is 0 Å². The van der Waals surface area contributed by atoms with E-state index >= 15 is 0 Å². The highest BCUT2D eigenvalue weighted by atomic mass is 35.5. The molecule has 1 aromatic rings. The largest absolute Gasteiger partial charge is 0.408 e. The first-order chi connectivity index (χ1) is 8.91. The smallest absolute Gasteiger partial charge is 0.314 e. The molecule has 106 valence electrons. The van der Waals surface area contributed by atoms with Gasteiger partial charge in [-0.25, -0.2) is 0 Å². The molecule has 0 bridgehead atoms. The Morgan fingerprint density at radius 3 is 2.16 bits per heavy atom. The van der Waals surface area contributed by atoms with Crippen LogP contribution < -0.4 is 5.32 Å². The van der Waals surface area contributed by atoms with Crippen LogP contribution in [0.2, 0.25) is 10.0 Å². The first kappa shape index (κ1) is 14.8. The van der Waals surface area contributed by atoms with Crippen molar-refractivity contribution in [3.63, 3.8) is 0 Å². The van der Waals surface area contributed by atoms with Gasteiger partial charge in [0.15, 0.2) is 0 Å². The van der Waals surface area contributed by atoms with Crippen molar-refractivity contribution in [2.45, 2.75) is 12.2 Å². The first-order valence-corrected chi connectivity index (χ1v) is 6.47. The average molecular weight is 314 g/mol. The van der Waals surface area contributed by atoms with Crippen molar-refractivity contribution in [3.8, 4) is 0 Å². The fourth-order valence-corrected chi connectivity index (χ4v) is 2.75. The fraction of sp³-hybridized carbons (Fsp3) is 0.545. The molecule has 0 radical (unpaired) electrons. The molecule has 1 saturated heterocycles. The van der Waals surface area contributed by atoms with E-state index in [1.807, 2.05) is 0 Å². The van der Waals surface area contributed by atoms with Crippen LogP contribution in [0.4, 0.5) is 13.2 Å². The summed E-state index contributed by atoms with van der Waals surface area (Å²) in [6.07, 6.45) is -2.07. The van der Waals surface area contributed by atoms with Crippen molar-refractivity contribution in [1.29, 1.82) is 0 Å². The van der Waals surface area contributed by atoms with Crippen molar-refractivity contribution >= 4 is 23.2 Å². The minimum atomic E-state index is -4.44. The van der Waals surface area contributed by atoms with E-state index in [9.17, 15) is 13.2 Å². The number of piperazine rings is 1. The molecule has 1 aromatic heterocycles. The fourth-order valence-electron chi connectivity index (χ4n) is 2.18. The van der Waals surface area contributed by atoms with Crippen LogP contribution in [0, 0.1) is 0 Å². The van der Waals surface area contributed by atoms with Crippen LogP contribution in [0.3, 0.4) is 0 Å². The van der Waals surface area contributed by atoms with Gasteiger partial charge < -0.3 is 5.32 Å². The molecule has 0 aromatic carbocycles. The van der Waals surface area contributed by atoms with Crippen molar-refractivity contribution in [3.05, 3.63) is 28.0 Å². The van der Waals surface area contributed by atoms with Crippen molar-refractivity contribution in [2.75, 3.05) is 26.2 Å². The molecule has 2 heterocycles. The Labute approximate surface area is 118 Å². The molecule has 19 heavy (non-hydrogen) atoms. The zero-order valence-corrected chi connectivity index (χ0v) is 11.4. The van der Waals surface area contributed by atoms with E-state index in [4.69, 9.17) is 23.2 Å². The molecular formula is C11H12Cl2F3N3. The minimum Gasteiger partial charge on any atom is -0.314 e. The SMILES string of the molecule is FC(F)(F)[C@@H](c1c(Cl)cncc1Cl)N1CCNCC1. The van der Waals surface area contributed by atoms with Crippen LogP contribution in [0.5, 0.6) is 0 Å². The summed E-state index contributed by atoms with van der Waals surface area (Å²) in [5.74, 6) is 0. The molecule has 1 fully saturated rings. The molecule has 3 nitrogen and oxygen atoms in total. The monoisotopic (exact) mass is 313 g/mol. The molecule has 8 heteroatoms. The maximum absolute atomic E-state index is 13.4. The van der Waals surface area contributed by atoms with Crippen molar-refractivity contribution in [1.82, 2.24) is 15.2 Å². The van der Waals surface area contributed by atoms with E-state index in [0.717, 1.165) is 0 Å². The Kier molecular flexibility index (Phi) is 4.55. The van der Waals surface area contributed by atoms with Gasteiger partial charge in [0, 0.05) is 44.1 Å². The van der Waals surface area contributed by atoms with Gasteiger partial charge in [0.25, 0.3) is 0 Å². The highest BCUT2D eigenvalue weighted by Crippen LogP contribution is 2.43. The molecular weight excluding hydrogens is 302 g/mol. The first-order valence-electron chi connectivity index (χ1n) is 5.71. The second kappa shape index (κ2) is 5.83. The summed E-state index contributed by atoms with van der Waals surface area (Å²) in [5, 5.41) is 2.89. The number of nitrogens with zero attached hydrogens (tertiary/aromatic N) is 2. The Morgan fingerprint density at radius 2 is 1.68 bits per heavy atom. The molecule has 0 amide bonds. The Balaban J connectivity index is 2.43. The molecule has 0 aliphatic carbocycles. The van der Waals surface area contributed by atoms with Crippen LogP contribution in [0.25, 0.3) is 0 Å². The highest BCUT2D eigenvalue weighted by Gasteiger charge is 2.46. The van der Waals surface area contributed by atoms with Crippen LogP contribution in [0.1, 0.15) is 11.6 Å². The maximum Gasteiger partial charge on any atom is 0.408 e. The summed E-state index contributed by atoms with van der Waals surface area (Å²) in [5.41, 5.74) is -0.118. The lowest BCUT2D eigenvalue weighted by molar-refractivity contribution is -0.187. The Bertz CT molecular complexity index is 427. The van der Waals surface area contributed by atoms with Crippen LogP contribution >= 0.6 is 23.2 Å². The highest BCUT2D eigenvalue weighted by molar-refractivity contribution is 6.35. The number of rotatable bonds is 2. The normalized spacial score (nSPS) is 19.4. The number of halogens is 5. The third-order valence-corrected chi connectivity index (χ3v) is 3.59. The minimum absolute atomic E-state index is 0.0617. The average Bonchev–Trinajstić information content (AvgIpc) is 2.33. The van der Waals surface area contributed by atoms with Crippen molar-refractivity contribution < 1.29 is 13.2 Å². The number of hydrogen-bond acceptors (Lipinski definition) is 3. The molecule has 0 saturated carbocycles. The van der Waals surface area contributed by atoms with Crippen LogP contribution in [0.15, 0.2) is 12.4 Å². The molecule has 1 aliphatic rings. The number of alkyl halides is 3. The van der Waals surface area contributed by atoms with Gasteiger partial charge in [-0.05, 0) is 0 Å². The van der Waals surface area contributed by atoms with Gasteiger partial charge >= 0.3 is 6.18 Å². The standard InChI is InChI=1S/C11H12Cl2F3N3/c12-7-5-18-6-8(13)9(7)10(11(14,15)16)19-3-1-17-2-4-19/h5-6,10,17H,1-4H2/t10-/m1/s1. The number of hydrogen-bond donors (Lipinski definition) is 1. The zero-order chi connectivity index (χ0) is 14.0. The second-order valence-electron chi connectivity index (χ2n) is 4.25. The van der Waals surface area contributed by atoms with Gasteiger partial charge in [-0.1, -0.05) is 23.2 Å². The van der Waals surface area contributed by atoms with Gasteiger partial charge in [-0.3, -0.25) is 9.88 Å². The van der Waals surface area contributed by atoms with Gasteiger partial charge in [0.2, 0.25) is 0 Å². The second-order valence-corrected chi connectivity index (χ2v) is 5.06. The summed E-state index contributed by atoms with van der Waals surface area (Å²) in [4.78, 5) is 5.03. The van der Waals surface area contributed by atoms with Gasteiger partial charge in [-0.2, -0.15) is 13.2 Å². The lowest BCUT2D eigenvalue weighted by Crippen LogP contribution is -2.49. The van der Waals surface area contributed by atoms with Gasteiger partial charge in [0.05, 0.1) is 10.0 Å². The van der Waals surface area contributed by atoms with Crippen LogP contribution in [-0.4, -0.2) is 42.2 Å². The predicted octanol–water partition coefficient (Wildman–Crippen LogP) is 2.90. The van der Waals surface area contributed by atoms with Gasteiger partial charge in [0.1, 0.15) is 6.04 Å². The number of aromatic nitrogens is 1. The maximum atomic E-state index is 13.4. The number of nitrogens with one attached hydrogen (secondary N) is 1.